The standard InChI is InChI=1S/C22H19F3IN5O/c23-22(24,25)17-4-2-1-3-16(17)14-5-8-30(9-6-14)21(32)20-12-18-19(29-20)11-15(13-27-18)31-10-7-28-26-31/h1-4,7,10-14,29H,5-6,8-9H2. The second kappa shape index (κ2) is 8.30. The zero-order valence-electron chi connectivity index (χ0n) is 16.8. The van der Waals surface area contributed by atoms with Crippen molar-refractivity contribution in [3.63, 3.8) is 0 Å². The van der Waals surface area contributed by atoms with Gasteiger partial charge in [0.1, 0.15) is 27.0 Å². The molecule has 4 heterocycles. The normalized spacial score (nSPS) is 17.2. The first-order valence-corrected chi connectivity index (χ1v) is 12.1. The number of anilines is 1. The number of hydrogen-bond donors (Lipinski definition) is 1. The molecule has 0 bridgehead atoms. The van der Waals surface area contributed by atoms with E-state index in [9.17, 15) is 18.0 Å². The molecule has 0 radical (unpaired) electrons. The highest BCUT2D eigenvalue weighted by atomic mass is 127. The molecular weight excluding hydrogens is 534 g/mol. The van der Waals surface area contributed by atoms with E-state index >= 15 is 0 Å². The second-order valence-electron chi connectivity index (χ2n) is 7.74. The summed E-state index contributed by atoms with van der Waals surface area (Å²) in [6, 6.07) is 9.42. The number of amides is 1. The molecule has 1 saturated heterocycles. The van der Waals surface area contributed by atoms with Gasteiger partial charge in [-0.15, -0.1) is 0 Å². The summed E-state index contributed by atoms with van der Waals surface area (Å²) in [6.45, 7) is 0.822. The third kappa shape index (κ3) is 4.03. The van der Waals surface area contributed by atoms with Gasteiger partial charge in [-0.3, -0.25) is 12.9 Å². The van der Waals surface area contributed by atoms with Crippen LogP contribution in [0, 0.1) is 0 Å². The number of H-pyrrole nitrogens is 1. The maximum atomic E-state index is 13.4. The number of rotatable bonds is 3. The second-order valence-corrected chi connectivity index (χ2v) is 9.77. The third-order valence-corrected chi connectivity index (χ3v) is 7.71. The lowest BCUT2D eigenvalue weighted by Crippen LogP contribution is -2.38. The number of fused-ring (bicyclic) bond motifs is 1. The summed E-state index contributed by atoms with van der Waals surface area (Å²) in [6.07, 6.45) is 2.07. The average molecular weight is 553 g/mol. The molecule has 32 heavy (non-hydrogen) atoms. The number of nitrogens with one attached hydrogen (secondary N) is 1. The van der Waals surface area contributed by atoms with Crippen molar-refractivity contribution in [2.75, 3.05) is 16.2 Å². The maximum Gasteiger partial charge on any atom is 0.416 e. The Morgan fingerprint density at radius 3 is 2.66 bits per heavy atom. The van der Waals surface area contributed by atoms with Gasteiger partial charge in [0.2, 0.25) is 0 Å². The Bertz CT molecular complexity index is 1220. The molecule has 6 nitrogen and oxygen atoms in total. The van der Waals surface area contributed by atoms with Crippen molar-refractivity contribution < 1.29 is 18.0 Å². The van der Waals surface area contributed by atoms with Crippen LogP contribution in [-0.4, -0.2) is 33.9 Å². The van der Waals surface area contributed by atoms with E-state index in [2.05, 4.69) is 16.2 Å². The lowest BCUT2D eigenvalue weighted by Gasteiger charge is -2.33. The predicted octanol–water partition coefficient (Wildman–Crippen LogP) is 5.96. The van der Waals surface area contributed by atoms with Gasteiger partial charge in [0.25, 0.3) is 5.91 Å². The van der Waals surface area contributed by atoms with E-state index in [1.165, 1.54) is 6.07 Å². The van der Waals surface area contributed by atoms with Crippen molar-refractivity contribution >= 4 is 43.9 Å². The fourth-order valence-corrected chi connectivity index (χ4v) is 5.57. The highest BCUT2D eigenvalue weighted by molar-refractivity contribution is 14.2. The Labute approximate surface area is 192 Å². The van der Waals surface area contributed by atoms with E-state index in [4.69, 9.17) is 0 Å². The molecule has 0 unspecified atom stereocenters. The summed E-state index contributed by atoms with van der Waals surface area (Å²) in [5.41, 5.74) is 2.57. The molecule has 0 aliphatic carbocycles. The summed E-state index contributed by atoms with van der Waals surface area (Å²) in [7, 11) is 0. The van der Waals surface area contributed by atoms with Gasteiger partial charge in [0.15, 0.2) is 0 Å². The van der Waals surface area contributed by atoms with Crippen molar-refractivity contribution in [3.8, 4) is 0 Å². The van der Waals surface area contributed by atoms with Crippen molar-refractivity contribution in [3.05, 3.63) is 71.8 Å². The molecule has 1 N–H and O–H groups in total. The number of aromatic amines is 1. The quantitative estimate of drug-likeness (QED) is 0.322. The lowest BCUT2D eigenvalue weighted by atomic mass is 9.86. The predicted molar refractivity (Wildman–Crippen MR) is 123 cm³/mol. The van der Waals surface area contributed by atoms with Crippen LogP contribution in [0.4, 0.5) is 18.9 Å². The zero-order valence-corrected chi connectivity index (χ0v) is 19.0. The van der Waals surface area contributed by atoms with E-state index < -0.39 is 33.0 Å². The number of alkyl halides is 3. The maximum absolute atomic E-state index is 13.4. The molecule has 0 saturated carbocycles. The van der Waals surface area contributed by atoms with E-state index in [1.807, 2.05) is 12.3 Å². The third-order valence-electron chi connectivity index (χ3n) is 5.80. The lowest BCUT2D eigenvalue weighted by molar-refractivity contribution is -0.138. The number of aromatic nitrogens is 2. The first-order valence-electron chi connectivity index (χ1n) is 10.1. The van der Waals surface area contributed by atoms with Crippen LogP contribution in [0.1, 0.15) is 40.4 Å². The first kappa shape index (κ1) is 21.1. The summed E-state index contributed by atoms with van der Waals surface area (Å²) >= 11 is -0.462. The minimum Gasteiger partial charge on any atom is -0.349 e. The largest absolute Gasteiger partial charge is 0.416 e. The summed E-state index contributed by atoms with van der Waals surface area (Å²) in [5, 5.41) is 0. The van der Waals surface area contributed by atoms with Gasteiger partial charge in [-0.1, -0.05) is 18.2 Å². The van der Waals surface area contributed by atoms with E-state index in [1.54, 1.807) is 35.5 Å². The molecule has 1 amide bonds. The highest BCUT2D eigenvalue weighted by Crippen LogP contribution is 2.39. The molecule has 10 heteroatoms. The SMILES string of the molecule is O=C(c1cc2ncc(N3C=CN=I3)cc2[nH]1)N1CCC(c2ccccc2C(F)(F)F)CC1. The number of pyridine rings is 1. The minimum absolute atomic E-state index is 0.157. The molecule has 166 valence electrons. The molecule has 0 atom stereocenters. The van der Waals surface area contributed by atoms with Crippen LogP contribution >= 0.6 is 21.3 Å². The highest BCUT2D eigenvalue weighted by Gasteiger charge is 2.36. The number of carbonyl (C=O) groups is 1. The molecule has 2 aromatic heterocycles. The molecule has 3 aromatic rings. The Balaban J connectivity index is 1.30. The summed E-state index contributed by atoms with van der Waals surface area (Å²) < 4.78 is 46.4. The van der Waals surface area contributed by atoms with Crippen LogP contribution in [0.3, 0.4) is 0 Å². The number of hydrogen-bond acceptors (Lipinski definition) is 4. The molecule has 2 aliphatic rings. The van der Waals surface area contributed by atoms with Gasteiger partial charge in [-0.25, -0.2) is 3.15 Å². The summed E-state index contributed by atoms with van der Waals surface area (Å²) in [4.78, 5) is 22.3. The minimum atomic E-state index is -4.37. The Morgan fingerprint density at radius 1 is 1.16 bits per heavy atom. The Hall–Kier alpha value is -2.76. The van der Waals surface area contributed by atoms with Gasteiger partial charge < -0.3 is 9.88 Å². The topological polar surface area (TPSA) is 64.6 Å². The van der Waals surface area contributed by atoms with Crippen LogP contribution in [0.2, 0.25) is 0 Å². The number of likely N-dealkylation sites (tertiary alicyclic amines) is 1. The monoisotopic (exact) mass is 553 g/mol. The number of carbonyl (C=O) groups excluding carboxylic acids is 1. The van der Waals surface area contributed by atoms with Crippen LogP contribution in [0.25, 0.3) is 11.0 Å². The number of piperidine rings is 1. The molecule has 0 spiro atoms. The first-order chi connectivity index (χ1) is 15.4. The summed E-state index contributed by atoms with van der Waals surface area (Å²) in [5.74, 6) is -0.373. The number of halogens is 4. The van der Waals surface area contributed by atoms with E-state index in [-0.39, 0.29) is 11.8 Å². The molecule has 1 fully saturated rings. The molecule has 5 rings (SSSR count). The smallest absolute Gasteiger partial charge is 0.349 e. The van der Waals surface area contributed by atoms with Crippen LogP contribution in [0.5, 0.6) is 0 Å². The van der Waals surface area contributed by atoms with Gasteiger partial charge >= 0.3 is 6.18 Å². The number of benzene rings is 1. The van der Waals surface area contributed by atoms with Crippen molar-refractivity contribution in [2.45, 2.75) is 24.9 Å². The van der Waals surface area contributed by atoms with Crippen molar-refractivity contribution in [1.29, 1.82) is 0 Å². The van der Waals surface area contributed by atoms with Crippen LogP contribution in [-0.2, 0) is 6.18 Å². The van der Waals surface area contributed by atoms with Crippen LogP contribution in [0.15, 0.2) is 58.1 Å². The van der Waals surface area contributed by atoms with Gasteiger partial charge in [-0.2, -0.15) is 13.2 Å². The fraction of sp³-hybridized carbons (Fsp3) is 0.273. The number of nitrogens with zero attached hydrogens (tertiary/aromatic N) is 4. The van der Waals surface area contributed by atoms with E-state index in [0.29, 0.717) is 42.7 Å². The zero-order chi connectivity index (χ0) is 22.3. The average Bonchev–Trinajstić information content (AvgIpc) is 3.48. The van der Waals surface area contributed by atoms with Crippen molar-refractivity contribution in [2.24, 2.45) is 3.15 Å². The van der Waals surface area contributed by atoms with Crippen LogP contribution < -0.4 is 3.11 Å². The molecular formula is C22H19F3IN5O. The Morgan fingerprint density at radius 2 is 1.94 bits per heavy atom. The fourth-order valence-electron chi connectivity index (χ4n) is 4.22. The molecule has 2 aliphatic heterocycles. The molecule has 1 aromatic carbocycles. The van der Waals surface area contributed by atoms with Crippen molar-refractivity contribution in [1.82, 2.24) is 14.9 Å². The van der Waals surface area contributed by atoms with Gasteiger partial charge in [0.05, 0.1) is 34.7 Å². The Kier molecular flexibility index (Phi) is 5.48. The van der Waals surface area contributed by atoms with Gasteiger partial charge in [-0.05, 0) is 42.5 Å². The van der Waals surface area contributed by atoms with E-state index in [0.717, 1.165) is 17.3 Å². The van der Waals surface area contributed by atoms with Gasteiger partial charge in [0, 0.05) is 19.3 Å².